The maximum atomic E-state index is 11.7. The number of rotatable bonds is 5. The van der Waals surface area contributed by atoms with E-state index in [4.69, 9.17) is 10.3 Å². The van der Waals surface area contributed by atoms with Gasteiger partial charge in [-0.15, -0.1) is 0 Å². The summed E-state index contributed by atoms with van der Waals surface area (Å²) in [6.07, 6.45) is 0.791. The highest BCUT2D eigenvalue weighted by Crippen LogP contribution is 2.16. The molecule has 100 valence electrons. The van der Waals surface area contributed by atoms with Crippen molar-refractivity contribution in [1.29, 1.82) is 0 Å². The number of nitrogens with zero attached hydrogens (tertiary/aromatic N) is 2. The molecule has 1 amide bonds. The first kappa shape index (κ1) is 13.5. The molecule has 6 nitrogen and oxygen atoms in total. The van der Waals surface area contributed by atoms with E-state index in [-0.39, 0.29) is 11.9 Å². The SMILES string of the molecule is Nc1noc(CCNC(=O)Cc2ccccc2Br)n1. The first-order valence-electron chi connectivity index (χ1n) is 5.73. The molecule has 7 heteroatoms. The number of benzene rings is 1. The van der Waals surface area contributed by atoms with Gasteiger partial charge >= 0.3 is 0 Å². The van der Waals surface area contributed by atoms with Crippen molar-refractivity contribution in [3.8, 4) is 0 Å². The van der Waals surface area contributed by atoms with Crippen molar-refractivity contribution in [2.24, 2.45) is 0 Å². The summed E-state index contributed by atoms with van der Waals surface area (Å²) in [5.74, 6) is 0.465. The van der Waals surface area contributed by atoms with Crippen LogP contribution in [0.5, 0.6) is 0 Å². The van der Waals surface area contributed by atoms with Crippen LogP contribution in [0.3, 0.4) is 0 Å². The van der Waals surface area contributed by atoms with Crippen LogP contribution in [0.4, 0.5) is 5.95 Å². The quantitative estimate of drug-likeness (QED) is 0.864. The smallest absolute Gasteiger partial charge is 0.260 e. The van der Waals surface area contributed by atoms with Crippen molar-refractivity contribution in [1.82, 2.24) is 15.5 Å². The van der Waals surface area contributed by atoms with Gasteiger partial charge in [-0.2, -0.15) is 4.98 Å². The Morgan fingerprint density at radius 1 is 1.42 bits per heavy atom. The number of aromatic nitrogens is 2. The molecule has 0 radical (unpaired) electrons. The number of carbonyl (C=O) groups excluding carboxylic acids is 1. The maximum Gasteiger partial charge on any atom is 0.260 e. The fourth-order valence-corrected chi connectivity index (χ4v) is 1.98. The monoisotopic (exact) mass is 324 g/mol. The molecule has 0 bridgehead atoms. The summed E-state index contributed by atoms with van der Waals surface area (Å²) in [6, 6.07) is 7.62. The molecule has 0 aliphatic heterocycles. The zero-order chi connectivity index (χ0) is 13.7. The van der Waals surface area contributed by atoms with Crippen LogP contribution in [-0.4, -0.2) is 22.6 Å². The van der Waals surface area contributed by atoms with Crippen LogP contribution in [0, 0.1) is 0 Å². The van der Waals surface area contributed by atoms with Crippen molar-refractivity contribution < 1.29 is 9.32 Å². The first-order chi connectivity index (χ1) is 9.15. The highest BCUT2D eigenvalue weighted by Gasteiger charge is 2.07. The first-order valence-corrected chi connectivity index (χ1v) is 6.52. The molecule has 0 fully saturated rings. The second-order valence-corrected chi connectivity index (χ2v) is 4.77. The van der Waals surface area contributed by atoms with Crippen LogP contribution in [0.15, 0.2) is 33.3 Å². The number of hydrogen-bond donors (Lipinski definition) is 2. The van der Waals surface area contributed by atoms with Crippen molar-refractivity contribution in [3.63, 3.8) is 0 Å². The van der Waals surface area contributed by atoms with Gasteiger partial charge in [0.25, 0.3) is 5.95 Å². The number of hydrogen-bond acceptors (Lipinski definition) is 5. The Kier molecular flexibility index (Phi) is 4.51. The van der Waals surface area contributed by atoms with E-state index in [1.54, 1.807) is 0 Å². The summed E-state index contributed by atoms with van der Waals surface area (Å²) < 4.78 is 5.76. The summed E-state index contributed by atoms with van der Waals surface area (Å²) in [5.41, 5.74) is 6.27. The lowest BCUT2D eigenvalue weighted by atomic mass is 10.1. The van der Waals surface area contributed by atoms with E-state index < -0.39 is 0 Å². The lowest BCUT2D eigenvalue weighted by molar-refractivity contribution is -0.120. The van der Waals surface area contributed by atoms with Crippen molar-refractivity contribution in [3.05, 3.63) is 40.2 Å². The number of anilines is 1. The lowest BCUT2D eigenvalue weighted by Gasteiger charge is -2.05. The molecule has 19 heavy (non-hydrogen) atoms. The molecule has 0 spiro atoms. The maximum absolute atomic E-state index is 11.7. The van der Waals surface area contributed by atoms with Gasteiger partial charge in [-0.1, -0.05) is 34.1 Å². The standard InChI is InChI=1S/C12H13BrN4O2/c13-9-4-2-1-3-8(9)7-10(18)15-6-5-11-16-12(14)17-19-11/h1-4H,5-7H2,(H2,14,17)(H,15,18). The lowest BCUT2D eigenvalue weighted by Crippen LogP contribution is -2.27. The number of amides is 1. The highest BCUT2D eigenvalue weighted by molar-refractivity contribution is 9.10. The second kappa shape index (κ2) is 6.33. The van der Waals surface area contributed by atoms with Crippen LogP contribution in [0.1, 0.15) is 11.5 Å². The van der Waals surface area contributed by atoms with Gasteiger partial charge in [0.2, 0.25) is 11.8 Å². The number of halogens is 1. The van der Waals surface area contributed by atoms with Gasteiger partial charge in [0, 0.05) is 17.4 Å². The third-order valence-corrected chi connectivity index (χ3v) is 3.23. The molecule has 2 rings (SSSR count). The number of carbonyl (C=O) groups is 1. The number of nitrogen functional groups attached to an aromatic ring is 1. The summed E-state index contributed by atoms with van der Waals surface area (Å²) in [6.45, 7) is 0.435. The Bertz CT molecular complexity index is 570. The molecule has 1 aromatic heterocycles. The van der Waals surface area contributed by atoms with Gasteiger partial charge in [-0.25, -0.2) is 0 Å². The van der Waals surface area contributed by atoms with Crippen molar-refractivity contribution in [2.75, 3.05) is 12.3 Å². The molecule has 3 N–H and O–H groups in total. The average Bonchev–Trinajstić information content (AvgIpc) is 2.78. The minimum atomic E-state index is -0.0561. The molecule has 0 saturated carbocycles. The van der Waals surface area contributed by atoms with Gasteiger partial charge in [-0.05, 0) is 16.8 Å². The summed E-state index contributed by atoms with van der Waals surface area (Å²) in [4.78, 5) is 15.6. The van der Waals surface area contributed by atoms with Gasteiger partial charge in [0.05, 0.1) is 6.42 Å². The van der Waals surface area contributed by atoms with Crippen LogP contribution in [-0.2, 0) is 17.6 Å². The number of nitrogens with two attached hydrogens (primary N) is 1. The molecular weight excluding hydrogens is 312 g/mol. The van der Waals surface area contributed by atoms with Crippen LogP contribution in [0.2, 0.25) is 0 Å². The number of nitrogens with one attached hydrogen (secondary N) is 1. The zero-order valence-electron chi connectivity index (χ0n) is 10.1. The molecule has 2 aromatic rings. The second-order valence-electron chi connectivity index (χ2n) is 3.91. The van der Waals surface area contributed by atoms with Crippen molar-refractivity contribution >= 4 is 27.8 Å². The Hall–Kier alpha value is -1.89. The van der Waals surface area contributed by atoms with Gasteiger partial charge in [0.15, 0.2) is 0 Å². The molecule has 0 atom stereocenters. The van der Waals surface area contributed by atoms with E-state index in [1.807, 2.05) is 24.3 Å². The van der Waals surface area contributed by atoms with E-state index in [0.29, 0.717) is 25.3 Å². The van der Waals surface area contributed by atoms with Gasteiger partial charge in [-0.3, -0.25) is 4.79 Å². The molecule has 0 saturated heterocycles. The molecule has 0 aliphatic carbocycles. The van der Waals surface area contributed by atoms with E-state index in [2.05, 4.69) is 31.4 Å². The normalized spacial score (nSPS) is 10.4. The topological polar surface area (TPSA) is 94.0 Å². The van der Waals surface area contributed by atoms with Crippen molar-refractivity contribution in [2.45, 2.75) is 12.8 Å². The minimum Gasteiger partial charge on any atom is -0.365 e. The van der Waals surface area contributed by atoms with E-state index in [0.717, 1.165) is 10.0 Å². The average molecular weight is 325 g/mol. The fourth-order valence-electron chi connectivity index (χ4n) is 1.56. The third kappa shape index (κ3) is 4.06. The zero-order valence-corrected chi connectivity index (χ0v) is 11.7. The third-order valence-electron chi connectivity index (χ3n) is 2.45. The fraction of sp³-hybridized carbons (Fsp3) is 0.250. The van der Waals surface area contributed by atoms with Crippen LogP contribution >= 0.6 is 15.9 Å². The van der Waals surface area contributed by atoms with E-state index >= 15 is 0 Å². The largest absolute Gasteiger partial charge is 0.365 e. The molecule has 1 aromatic carbocycles. The summed E-state index contributed by atoms with van der Waals surface area (Å²) in [7, 11) is 0. The Labute approximate surface area is 118 Å². The molecule has 0 aliphatic rings. The summed E-state index contributed by atoms with van der Waals surface area (Å²) >= 11 is 3.41. The summed E-state index contributed by atoms with van der Waals surface area (Å²) in [5, 5.41) is 6.25. The highest BCUT2D eigenvalue weighted by atomic mass is 79.9. The Morgan fingerprint density at radius 2 is 2.21 bits per heavy atom. The predicted molar refractivity (Wildman–Crippen MR) is 73.3 cm³/mol. The van der Waals surface area contributed by atoms with Crippen LogP contribution < -0.4 is 11.1 Å². The van der Waals surface area contributed by atoms with E-state index in [1.165, 1.54) is 0 Å². The van der Waals surface area contributed by atoms with E-state index in [9.17, 15) is 4.79 Å². The molecule has 0 unspecified atom stereocenters. The van der Waals surface area contributed by atoms with Crippen LogP contribution in [0.25, 0.3) is 0 Å². The minimum absolute atomic E-state index is 0.0561. The van der Waals surface area contributed by atoms with Gasteiger partial charge in [0.1, 0.15) is 0 Å². The van der Waals surface area contributed by atoms with Gasteiger partial charge < -0.3 is 15.6 Å². The molecule has 1 heterocycles. The predicted octanol–water partition coefficient (Wildman–Crippen LogP) is 1.32. The Balaban J connectivity index is 1.77. The molecular formula is C12H13BrN4O2. The Morgan fingerprint density at radius 3 is 2.89 bits per heavy atom.